The number of ketones is 2. The summed E-state index contributed by atoms with van der Waals surface area (Å²) in [4.78, 5) is 20.7. The van der Waals surface area contributed by atoms with E-state index in [1.54, 1.807) is 0 Å². The predicted octanol–water partition coefficient (Wildman–Crippen LogP) is 0.769. The molecular weight excluding hydrogens is 211 g/mol. The van der Waals surface area contributed by atoms with E-state index in [2.05, 4.69) is 0 Å². The minimum Gasteiger partial charge on any atom is -0.299 e. The van der Waals surface area contributed by atoms with E-state index in [4.69, 9.17) is 0 Å². The van der Waals surface area contributed by atoms with Gasteiger partial charge >= 0.3 is 0 Å². The molecule has 4 heteroatoms. The number of carbonyl (C=O) groups excluding carboxylic acids is 2. The fourth-order valence-electron chi connectivity index (χ4n) is 0.653. The Kier molecular flexibility index (Phi) is 4.14. The molecule has 1 aliphatic rings. The van der Waals surface area contributed by atoms with Crippen LogP contribution in [-0.2, 0) is 42.3 Å². The standard InChI is InChI=1S/C6H5FO2.Y/c7-5-2-1-4(8)3-6(5)9;/h2H,1,3H2;/i7-1;. The zero-order chi connectivity index (χ0) is 6.85. The van der Waals surface area contributed by atoms with Crippen LogP contribution in [0.1, 0.15) is 12.8 Å². The summed E-state index contributed by atoms with van der Waals surface area (Å²) in [5.74, 6) is -1.66. The van der Waals surface area contributed by atoms with E-state index in [1.807, 2.05) is 0 Å². The van der Waals surface area contributed by atoms with Crippen LogP contribution < -0.4 is 0 Å². The van der Waals surface area contributed by atoms with Crippen LogP contribution in [0.25, 0.3) is 0 Å². The summed E-state index contributed by atoms with van der Waals surface area (Å²) in [6.07, 6.45) is 0.827. The summed E-state index contributed by atoms with van der Waals surface area (Å²) in [5, 5.41) is 0. The molecule has 0 spiro atoms. The van der Waals surface area contributed by atoms with Crippen molar-refractivity contribution in [3.05, 3.63) is 11.9 Å². The van der Waals surface area contributed by atoms with Gasteiger partial charge in [0.15, 0.2) is 11.6 Å². The first-order valence-electron chi connectivity index (χ1n) is 2.60. The molecule has 0 bridgehead atoms. The third kappa shape index (κ3) is 2.39. The van der Waals surface area contributed by atoms with Gasteiger partial charge in [0.25, 0.3) is 0 Å². The molecule has 0 amide bonds. The molecule has 0 heterocycles. The van der Waals surface area contributed by atoms with Crippen LogP contribution in [0.3, 0.4) is 0 Å². The maximum atomic E-state index is 12.1. The second-order valence-corrected chi connectivity index (χ2v) is 1.89. The normalized spacial score (nSPS) is 17.9. The molecule has 0 aromatic rings. The Bertz CT molecular complexity index is 198. The molecule has 10 heavy (non-hydrogen) atoms. The van der Waals surface area contributed by atoms with Crippen molar-refractivity contribution in [1.29, 1.82) is 0 Å². The maximum Gasteiger partial charge on any atom is 0.198 e. The molecule has 0 N–H and O–H groups in total. The van der Waals surface area contributed by atoms with E-state index in [-0.39, 0.29) is 51.3 Å². The van der Waals surface area contributed by atoms with Gasteiger partial charge in [0.1, 0.15) is 5.78 Å². The van der Waals surface area contributed by atoms with Gasteiger partial charge in [-0.3, -0.25) is 9.59 Å². The van der Waals surface area contributed by atoms with Crippen molar-refractivity contribution in [2.24, 2.45) is 0 Å². The molecule has 0 aromatic carbocycles. The predicted molar refractivity (Wildman–Crippen MR) is 28.4 cm³/mol. The number of Topliss-reactive ketones (excluding diaryl/α,β-unsaturated/α-hetero) is 2. The Labute approximate surface area is 82.7 Å². The van der Waals surface area contributed by atoms with Gasteiger partial charge in [-0.25, -0.2) is 4.39 Å². The van der Waals surface area contributed by atoms with Crippen molar-refractivity contribution in [2.75, 3.05) is 0 Å². The summed E-state index contributed by atoms with van der Waals surface area (Å²) in [6.45, 7) is 0. The molecule has 1 aliphatic carbocycles. The fraction of sp³-hybridized carbons (Fsp3) is 0.333. The molecule has 1 rings (SSSR count). The van der Waals surface area contributed by atoms with Crippen LogP contribution in [0, 0.1) is 0 Å². The molecule has 0 aliphatic heterocycles. The van der Waals surface area contributed by atoms with Gasteiger partial charge in [-0.15, -0.1) is 0 Å². The van der Waals surface area contributed by atoms with Crippen molar-refractivity contribution in [3.8, 4) is 0 Å². The van der Waals surface area contributed by atoms with Gasteiger partial charge in [0, 0.05) is 39.1 Å². The largest absolute Gasteiger partial charge is 0.299 e. The number of hydrogen-bond acceptors (Lipinski definition) is 2. The summed E-state index contributed by atoms with van der Waals surface area (Å²) < 4.78 is 12.1. The zero-order valence-corrected chi connectivity index (χ0v) is 8.10. The number of hydrogen-bond donors (Lipinski definition) is 0. The van der Waals surface area contributed by atoms with Crippen molar-refractivity contribution in [1.82, 2.24) is 0 Å². The first-order valence-corrected chi connectivity index (χ1v) is 2.60. The van der Waals surface area contributed by atoms with Crippen LogP contribution in [0.2, 0.25) is 0 Å². The van der Waals surface area contributed by atoms with Gasteiger partial charge in [0.2, 0.25) is 0 Å². The van der Waals surface area contributed by atoms with Crippen molar-refractivity contribution in [2.45, 2.75) is 12.8 Å². The molecule has 0 fully saturated rings. The van der Waals surface area contributed by atoms with Crippen LogP contribution in [0.5, 0.6) is 0 Å². The molecule has 0 aromatic heterocycles. The number of rotatable bonds is 0. The zero-order valence-electron chi connectivity index (χ0n) is 5.26. The first kappa shape index (κ1) is 10.1. The second-order valence-electron chi connectivity index (χ2n) is 1.89. The molecule has 0 saturated carbocycles. The van der Waals surface area contributed by atoms with Gasteiger partial charge in [-0.1, -0.05) is 0 Å². The van der Waals surface area contributed by atoms with E-state index in [0.29, 0.717) is 0 Å². The minimum absolute atomic E-state index is 0. The van der Waals surface area contributed by atoms with Crippen LogP contribution >= 0.6 is 0 Å². The van der Waals surface area contributed by atoms with E-state index >= 15 is 0 Å². The van der Waals surface area contributed by atoms with Gasteiger partial charge in [-0.05, 0) is 6.08 Å². The van der Waals surface area contributed by atoms with E-state index in [1.165, 1.54) is 0 Å². The second kappa shape index (κ2) is 4.09. The molecule has 2 nitrogen and oxygen atoms in total. The van der Waals surface area contributed by atoms with Crippen molar-refractivity contribution < 1.29 is 46.7 Å². The van der Waals surface area contributed by atoms with Crippen molar-refractivity contribution >= 4 is 11.6 Å². The number of halogens is 1. The molecule has 0 saturated heterocycles. The first-order chi connectivity index (χ1) is 4.20. The van der Waals surface area contributed by atoms with E-state index in [9.17, 15) is 14.0 Å². The fourth-order valence-corrected chi connectivity index (χ4v) is 0.653. The summed E-state index contributed by atoms with van der Waals surface area (Å²) >= 11 is 0. The Balaban J connectivity index is 0.000000810. The molecule has 51 valence electrons. The Hall–Kier alpha value is 0.114. The molecular formula is C6H5FO2Y. The van der Waals surface area contributed by atoms with Gasteiger partial charge in [-0.2, -0.15) is 0 Å². The summed E-state index contributed by atoms with van der Waals surface area (Å²) in [5.41, 5.74) is 0. The minimum atomic E-state index is -0.769. The molecule has 1 radical (unpaired) electrons. The third-order valence-electron chi connectivity index (χ3n) is 1.13. The average Bonchev–Trinajstić information content (AvgIpc) is 1.80. The van der Waals surface area contributed by atoms with Crippen LogP contribution in [0.15, 0.2) is 11.9 Å². The summed E-state index contributed by atoms with van der Waals surface area (Å²) in [6, 6.07) is 0. The summed E-state index contributed by atoms with van der Waals surface area (Å²) in [7, 11) is 0. The van der Waals surface area contributed by atoms with Gasteiger partial charge < -0.3 is 0 Å². The van der Waals surface area contributed by atoms with E-state index in [0.717, 1.165) is 6.08 Å². The topological polar surface area (TPSA) is 34.1 Å². The van der Waals surface area contributed by atoms with Crippen LogP contribution in [0.4, 0.5) is 4.39 Å². The maximum absolute atomic E-state index is 12.1. The molecule has 0 unspecified atom stereocenters. The average molecular weight is 216 g/mol. The quantitative estimate of drug-likeness (QED) is 0.560. The van der Waals surface area contributed by atoms with Gasteiger partial charge in [0.05, 0.1) is 6.42 Å². The Morgan fingerprint density at radius 3 is 2.40 bits per heavy atom. The number of carbonyl (C=O) groups is 2. The van der Waals surface area contributed by atoms with E-state index < -0.39 is 11.6 Å². The monoisotopic (exact) mass is 216 g/mol. The Morgan fingerprint density at radius 1 is 1.40 bits per heavy atom. The SMILES string of the molecule is O=C1CC=C([18F])C(=O)C1.[Y]. The van der Waals surface area contributed by atoms with Crippen molar-refractivity contribution in [3.63, 3.8) is 0 Å². The number of allylic oxidation sites excluding steroid dienone is 2. The van der Waals surface area contributed by atoms with Crippen LogP contribution in [-0.4, -0.2) is 11.6 Å². The Morgan fingerprint density at radius 2 is 2.00 bits per heavy atom. The smallest absolute Gasteiger partial charge is 0.198 e. The third-order valence-corrected chi connectivity index (χ3v) is 1.13. The molecule has 0 atom stereocenters.